The Kier molecular flexibility index (Phi) is 3.55. The van der Waals surface area contributed by atoms with Crippen LogP contribution in [0.5, 0.6) is 0 Å². The highest BCUT2D eigenvalue weighted by Crippen LogP contribution is 2.00. The van der Waals surface area contributed by atoms with Gasteiger partial charge in [-0.15, -0.1) is 0 Å². The minimum absolute atomic E-state index is 1.90. The van der Waals surface area contributed by atoms with Crippen molar-refractivity contribution in [2.75, 3.05) is 0 Å². The van der Waals surface area contributed by atoms with Gasteiger partial charge in [-0.1, -0.05) is 0 Å². The van der Waals surface area contributed by atoms with Gasteiger partial charge in [0.15, 0.2) is 0 Å². The van der Waals surface area contributed by atoms with Crippen molar-refractivity contribution in [1.82, 2.24) is 0 Å². The highest BCUT2D eigenvalue weighted by atomic mass is 16.8. The molecule has 0 radical (unpaired) electrons. The predicted octanol–water partition coefficient (Wildman–Crippen LogP) is -4.02. The van der Waals surface area contributed by atoms with Crippen molar-refractivity contribution < 1.29 is 38.4 Å². The van der Waals surface area contributed by atoms with Crippen LogP contribution < -0.4 is 0 Å². The Morgan fingerprint density at radius 1 is 0.500 bits per heavy atom. The van der Waals surface area contributed by atoms with Crippen molar-refractivity contribution in [2.24, 2.45) is 0 Å². The first-order valence-corrected chi connectivity index (χ1v) is 2.92. The molecule has 1 heterocycles. The van der Waals surface area contributed by atoms with Crippen molar-refractivity contribution in [3.63, 3.8) is 0 Å². The lowest BCUT2D eigenvalue weighted by Gasteiger charge is -2.19. The molecule has 0 aromatic heterocycles. The second-order valence-corrected chi connectivity index (χ2v) is 1.77. The van der Waals surface area contributed by atoms with Crippen LogP contribution in [0.4, 0.5) is 0 Å². The highest BCUT2D eigenvalue weighted by Gasteiger charge is 2.41. The van der Waals surface area contributed by atoms with Crippen molar-refractivity contribution in [2.45, 2.75) is 0 Å². The molecule has 0 saturated carbocycles. The van der Waals surface area contributed by atoms with E-state index in [9.17, 15) is 0 Å². The van der Waals surface area contributed by atoms with Gasteiger partial charge in [-0.3, -0.25) is 0 Å². The molecule has 8 nitrogen and oxygen atoms in total. The number of hydrogen-bond acceptors (Lipinski definition) is 8. The van der Waals surface area contributed by atoms with Gasteiger partial charge >= 0.3 is 29.3 Å². The molecule has 0 spiro atoms. The van der Waals surface area contributed by atoms with E-state index in [1.165, 1.54) is 0 Å². The molecule has 1 rings (SSSR count). The third-order valence-corrected chi connectivity index (χ3v) is 0.931. The van der Waals surface area contributed by atoms with E-state index in [2.05, 4.69) is 18.3 Å². The molecule has 12 heteroatoms. The highest BCUT2D eigenvalue weighted by molar-refractivity contribution is 6.65. The Morgan fingerprint density at radius 3 is 0.833 bits per heavy atom. The first-order chi connectivity index (χ1) is 5.58. The molecule has 0 aliphatic carbocycles. The summed E-state index contributed by atoms with van der Waals surface area (Å²) in [6.07, 6.45) is 0. The average molecular weight is 175 g/mol. The lowest BCUT2D eigenvalue weighted by molar-refractivity contribution is 0.133. The minimum atomic E-state index is -1.90. The Hall–Kier alpha value is -0.0603. The quantitative estimate of drug-likeness (QED) is 0.275. The van der Waals surface area contributed by atoms with Crippen LogP contribution in [-0.4, -0.2) is 49.4 Å². The predicted molar refractivity (Wildman–Crippen MR) is 36.2 cm³/mol. The first-order valence-electron chi connectivity index (χ1n) is 2.92. The van der Waals surface area contributed by atoms with Crippen LogP contribution in [0.15, 0.2) is 0 Å². The second kappa shape index (κ2) is 4.25. The van der Waals surface area contributed by atoms with Crippen LogP contribution in [0.25, 0.3) is 0 Å². The van der Waals surface area contributed by atoms with Gasteiger partial charge in [0.1, 0.15) is 0 Å². The lowest BCUT2D eigenvalue weighted by Crippen LogP contribution is -2.49. The number of rotatable bonds is 0. The van der Waals surface area contributed by atoms with E-state index in [1.807, 2.05) is 0 Å². The summed E-state index contributed by atoms with van der Waals surface area (Å²) < 4.78 is 16.4. The molecule has 1 aliphatic rings. The maximum absolute atomic E-state index is 8.64. The van der Waals surface area contributed by atoms with Gasteiger partial charge < -0.3 is 38.4 Å². The molecule has 0 bridgehead atoms. The molecule has 0 aromatic rings. The van der Waals surface area contributed by atoms with Gasteiger partial charge in [0, 0.05) is 0 Å². The Balaban J connectivity index is 2.45. The fourth-order valence-electron chi connectivity index (χ4n) is 0.527. The van der Waals surface area contributed by atoms with E-state index >= 15 is 0 Å². The van der Waals surface area contributed by atoms with E-state index in [1.54, 1.807) is 0 Å². The molecule has 64 valence electrons. The van der Waals surface area contributed by atoms with Crippen molar-refractivity contribution in [1.29, 1.82) is 0 Å². The van der Waals surface area contributed by atoms with Gasteiger partial charge in [0.25, 0.3) is 0 Å². The summed E-state index contributed by atoms with van der Waals surface area (Å²) in [5, 5.41) is 34.5. The SMILES string of the molecule is OB1OB(O)OB(O)OB(O)O1. The maximum Gasteiger partial charge on any atom is 0.612 e. The summed E-state index contributed by atoms with van der Waals surface area (Å²) in [7, 11) is -7.60. The van der Waals surface area contributed by atoms with Crippen LogP contribution in [0.2, 0.25) is 0 Å². The zero-order valence-electron chi connectivity index (χ0n) is 5.73. The average Bonchev–Trinajstić information content (AvgIpc) is 1.81. The van der Waals surface area contributed by atoms with Gasteiger partial charge in [-0.2, -0.15) is 0 Å². The van der Waals surface area contributed by atoms with Gasteiger partial charge in [0.2, 0.25) is 0 Å². The lowest BCUT2D eigenvalue weighted by atomic mass is 9.98. The molecule has 1 fully saturated rings. The minimum Gasteiger partial charge on any atom is -0.403 e. The van der Waals surface area contributed by atoms with Crippen molar-refractivity contribution in [3.8, 4) is 0 Å². The monoisotopic (exact) mass is 176 g/mol. The smallest absolute Gasteiger partial charge is 0.403 e. The third-order valence-electron chi connectivity index (χ3n) is 0.931. The number of hydrogen-bond donors (Lipinski definition) is 4. The van der Waals surface area contributed by atoms with Crippen molar-refractivity contribution in [3.05, 3.63) is 0 Å². The Bertz CT molecular complexity index is 99.0. The molecule has 0 aromatic carbocycles. The summed E-state index contributed by atoms with van der Waals surface area (Å²) in [6.45, 7) is 0. The molecular weight excluding hydrogens is 171 g/mol. The van der Waals surface area contributed by atoms with Crippen molar-refractivity contribution >= 4 is 29.3 Å². The van der Waals surface area contributed by atoms with E-state index < -0.39 is 29.3 Å². The summed E-state index contributed by atoms with van der Waals surface area (Å²) in [5.74, 6) is 0. The molecule has 1 aliphatic heterocycles. The van der Waals surface area contributed by atoms with Gasteiger partial charge in [-0.25, -0.2) is 0 Å². The fourth-order valence-corrected chi connectivity index (χ4v) is 0.527. The molecule has 0 unspecified atom stereocenters. The summed E-state index contributed by atoms with van der Waals surface area (Å²) >= 11 is 0. The molecule has 0 amide bonds. The standard InChI is InChI=1S/B4H4O8/c5-1-9-2(6)11-4(8)12-3(7)10-1/h5-8H. The third kappa shape index (κ3) is 3.13. The Labute approximate surface area is 68.7 Å². The zero-order chi connectivity index (χ0) is 9.14. The van der Waals surface area contributed by atoms with Gasteiger partial charge in [0.05, 0.1) is 0 Å². The Morgan fingerprint density at radius 2 is 0.667 bits per heavy atom. The van der Waals surface area contributed by atoms with Crippen LogP contribution in [0.1, 0.15) is 0 Å². The van der Waals surface area contributed by atoms with E-state index in [4.69, 9.17) is 20.1 Å². The van der Waals surface area contributed by atoms with E-state index in [-0.39, 0.29) is 0 Å². The molecular formula is H4B4O8. The maximum atomic E-state index is 8.64. The summed E-state index contributed by atoms with van der Waals surface area (Å²) in [5.41, 5.74) is 0. The zero-order valence-corrected chi connectivity index (χ0v) is 5.73. The summed E-state index contributed by atoms with van der Waals surface area (Å²) in [6, 6.07) is 0. The second-order valence-electron chi connectivity index (χ2n) is 1.77. The van der Waals surface area contributed by atoms with Crippen LogP contribution in [0, 0.1) is 0 Å². The van der Waals surface area contributed by atoms with E-state index in [0.29, 0.717) is 0 Å². The van der Waals surface area contributed by atoms with Crippen LogP contribution in [-0.2, 0) is 18.3 Å². The fraction of sp³-hybridized carbons (Fsp3) is 0. The molecule has 4 N–H and O–H groups in total. The van der Waals surface area contributed by atoms with E-state index in [0.717, 1.165) is 0 Å². The van der Waals surface area contributed by atoms with Gasteiger partial charge in [-0.05, 0) is 0 Å². The molecule has 0 atom stereocenters. The molecule has 1 saturated heterocycles. The first kappa shape index (κ1) is 10.0. The largest absolute Gasteiger partial charge is 0.612 e. The van der Waals surface area contributed by atoms with Crippen LogP contribution >= 0.6 is 0 Å². The topological polar surface area (TPSA) is 118 Å². The van der Waals surface area contributed by atoms with Crippen LogP contribution in [0.3, 0.4) is 0 Å². The summed E-state index contributed by atoms with van der Waals surface area (Å²) in [4.78, 5) is 0. The molecule has 12 heavy (non-hydrogen) atoms. The normalized spacial score (nSPS) is 21.0.